The lowest BCUT2D eigenvalue weighted by Crippen LogP contribution is -2.23. The van der Waals surface area contributed by atoms with Gasteiger partial charge in [0.2, 0.25) is 5.95 Å². The molecule has 0 spiro atoms. The highest BCUT2D eigenvalue weighted by molar-refractivity contribution is 5.70. The minimum absolute atomic E-state index is 0.217. The summed E-state index contributed by atoms with van der Waals surface area (Å²) in [7, 11) is 0. The van der Waals surface area contributed by atoms with Crippen LogP contribution in [0.1, 0.15) is 17.7 Å². The molecule has 0 saturated carbocycles. The quantitative estimate of drug-likeness (QED) is 0.667. The summed E-state index contributed by atoms with van der Waals surface area (Å²) < 4.78 is 0. The predicted molar refractivity (Wildman–Crippen MR) is 49.6 cm³/mol. The number of rotatable bonds is 1. The van der Waals surface area contributed by atoms with Crippen LogP contribution in [0, 0.1) is 5.92 Å². The van der Waals surface area contributed by atoms with Crippen LogP contribution in [0.4, 0.5) is 5.95 Å². The van der Waals surface area contributed by atoms with Crippen molar-refractivity contribution in [1.29, 1.82) is 0 Å². The molecule has 5 nitrogen and oxygen atoms in total. The molecule has 0 bridgehead atoms. The Balaban J connectivity index is 2.29. The van der Waals surface area contributed by atoms with Gasteiger partial charge in [0.25, 0.3) is 0 Å². The van der Waals surface area contributed by atoms with E-state index in [0.717, 1.165) is 17.7 Å². The third-order valence-electron chi connectivity index (χ3n) is 2.52. The van der Waals surface area contributed by atoms with Gasteiger partial charge < -0.3 is 10.8 Å². The summed E-state index contributed by atoms with van der Waals surface area (Å²) in [5.41, 5.74) is 7.25. The average molecular weight is 193 g/mol. The summed E-state index contributed by atoms with van der Waals surface area (Å²) in [6.45, 7) is 0. The minimum atomic E-state index is -0.757. The number of aryl methyl sites for hydroxylation is 1. The van der Waals surface area contributed by atoms with E-state index < -0.39 is 5.97 Å². The second-order valence-corrected chi connectivity index (χ2v) is 3.48. The molecule has 1 unspecified atom stereocenters. The molecule has 0 saturated heterocycles. The number of carboxylic acids is 1. The van der Waals surface area contributed by atoms with E-state index in [9.17, 15) is 4.79 Å². The Bertz CT molecular complexity index is 378. The fourth-order valence-corrected chi connectivity index (χ4v) is 1.72. The van der Waals surface area contributed by atoms with E-state index in [1.54, 1.807) is 6.20 Å². The largest absolute Gasteiger partial charge is 0.481 e. The van der Waals surface area contributed by atoms with Gasteiger partial charge in [-0.15, -0.1) is 0 Å². The van der Waals surface area contributed by atoms with Gasteiger partial charge in [0, 0.05) is 18.3 Å². The van der Waals surface area contributed by atoms with Gasteiger partial charge in [-0.2, -0.15) is 0 Å². The molecule has 0 aromatic carbocycles. The lowest BCUT2D eigenvalue weighted by Gasteiger charge is -2.19. The van der Waals surface area contributed by atoms with Crippen molar-refractivity contribution >= 4 is 11.9 Å². The third kappa shape index (κ3) is 1.53. The van der Waals surface area contributed by atoms with Crippen LogP contribution < -0.4 is 5.73 Å². The monoisotopic (exact) mass is 193 g/mol. The van der Waals surface area contributed by atoms with Crippen molar-refractivity contribution < 1.29 is 9.90 Å². The molecule has 1 aliphatic rings. The summed E-state index contributed by atoms with van der Waals surface area (Å²) in [6, 6.07) is 0. The number of nitrogen functional groups attached to an aromatic ring is 1. The maximum absolute atomic E-state index is 10.8. The SMILES string of the molecule is Nc1ncc2c(n1)CC(C(=O)O)CC2. The number of hydrogen-bond donors (Lipinski definition) is 2. The molecule has 3 N–H and O–H groups in total. The molecular formula is C9H11N3O2. The highest BCUT2D eigenvalue weighted by Gasteiger charge is 2.25. The zero-order chi connectivity index (χ0) is 10.1. The number of nitrogens with zero attached hydrogens (tertiary/aromatic N) is 2. The average Bonchev–Trinajstić information content (AvgIpc) is 2.16. The Morgan fingerprint density at radius 3 is 3.14 bits per heavy atom. The Hall–Kier alpha value is -1.65. The van der Waals surface area contributed by atoms with Gasteiger partial charge in [0.1, 0.15) is 0 Å². The Labute approximate surface area is 81.0 Å². The van der Waals surface area contributed by atoms with Gasteiger partial charge >= 0.3 is 5.97 Å². The van der Waals surface area contributed by atoms with Gasteiger partial charge in [-0.25, -0.2) is 9.97 Å². The van der Waals surface area contributed by atoms with E-state index in [2.05, 4.69) is 9.97 Å². The zero-order valence-corrected chi connectivity index (χ0v) is 7.60. The normalized spacial score (nSPS) is 20.1. The molecular weight excluding hydrogens is 182 g/mol. The Kier molecular flexibility index (Phi) is 2.07. The maximum Gasteiger partial charge on any atom is 0.306 e. The van der Waals surface area contributed by atoms with E-state index in [-0.39, 0.29) is 11.9 Å². The number of carbonyl (C=O) groups is 1. The Morgan fingerprint density at radius 2 is 2.43 bits per heavy atom. The summed E-state index contributed by atoms with van der Waals surface area (Å²) >= 11 is 0. The first-order valence-electron chi connectivity index (χ1n) is 4.50. The van der Waals surface area contributed by atoms with Crippen molar-refractivity contribution in [3.05, 3.63) is 17.5 Å². The zero-order valence-electron chi connectivity index (χ0n) is 7.60. The summed E-state index contributed by atoms with van der Waals surface area (Å²) in [6.07, 6.45) is 3.55. The molecule has 14 heavy (non-hydrogen) atoms. The molecule has 0 fully saturated rings. The topological polar surface area (TPSA) is 89.1 Å². The first-order chi connectivity index (χ1) is 6.66. The van der Waals surface area contributed by atoms with Crippen LogP contribution in [0.5, 0.6) is 0 Å². The van der Waals surface area contributed by atoms with E-state index in [1.807, 2.05) is 0 Å². The van der Waals surface area contributed by atoms with Crippen molar-refractivity contribution in [3.63, 3.8) is 0 Å². The lowest BCUT2D eigenvalue weighted by molar-refractivity contribution is -0.142. The standard InChI is InChI=1S/C9H11N3O2/c10-9-11-4-6-2-1-5(8(13)14)3-7(6)12-9/h4-5H,1-3H2,(H,13,14)(H2,10,11,12). The predicted octanol–water partition coefficient (Wildman–Crippen LogP) is 0.248. The molecule has 5 heteroatoms. The van der Waals surface area contributed by atoms with Crippen LogP contribution in [0.2, 0.25) is 0 Å². The number of aliphatic carboxylic acids is 1. The van der Waals surface area contributed by atoms with E-state index in [4.69, 9.17) is 10.8 Å². The van der Waals surface area contributed by atoms with Crippen LogP contribution in [0.25, 0.3) is 0 Å². The van der Waals surface area contributed by atoms with Crippen LogP contribution in [-0.2, 0) is 17.6 Å². The molecule has 0 aliphatic heterocycles. The number of carboxylic acid groups (broad SMARTS) is 1. The first kappa shape index (κ1) is 8.93. The van der Waals surface area contributed by atoms with Gasteiger partial charge in [-0.1, -0.05) is 0 Å². The number of nitrogens with two attached hydrogens (primary N) is 1. The molecule has 0 amide bonds. The summed E-state index contributed by atoms with van der Waals surface area (Å²) in [5.74, 6) is -0.862. The Morgan fingerprint density at radius 1 is 1.64 bits per heavy atom. The fourth-order valence-electron chi connectivity index (χ4n) is 1.72. The smallest absolute Gasteiger partial charge is 0.306 e. The second kappa shape index (κ2) is 3.25. The highest BCUT2D eigenvalue weighted by atomic mass is 16.4. The summed E-state index contributed by atoms with van der Waals surface area (Å²) in [5, 5.41) is 8.86. The molecule has 0 radical (unpaired) electrons. The number of anilines is 1. The van der Waals surface area contributed by atoms with Crippen LogP contribution >= 0.6 is 0 Å². The number of fused-ring (bicyclic) bond motifs is 1. The maximum atomic E-state index is 10.8. The number of hydrogen-bond acceptors (Lipinski definition) is 4. The van der Waals surface area contributed by atoms with Gasteiger partial charge in [-0.05, 0) is 18.4 Å². The van der Waals surface area contributed by atoms with E-state index in [0.29, 0.717) is 12.8 Å². The van der Waals surface area contributed by atoms with E-state index >= 15 is 0 Å². The molecule has 1 atom stereocenters. The molecule has 74 valence electrons. The highest BCUT2D eigenvalue weighted by Crippen LogP contribution is 2.23. The van der Waals surface area contributed by atoms with Crippen molar-refractivity contribution in [3.8, 4) is 0 Å². The van der Waals surface area contributed by atoms with Crippen molar-refractivity contribution in [2.24, 2.45) is 5.92 Å². The third-order valence-corrected chi connectivity index (χ3v) is 2.52. The second-order valence-electron chi connectivity index (χ2n) is 3.48. The van der Waals surface area contributed by atoms with E-state index in [1.165, 1.54) is 0 Å². The molecule has 1 heterocycles. The lowest BCUT2D eigenvalue weighted by atomic mass is 9.88. The van der Waals surface area contributed by atoms with Crippen LogP contribution in [-0.4, -0.2) is 21.0 Å². The van der Waals surface area contributed by atoms with Crippen LogP contribution in [0.15, 0.2) is 6.20 Å². The molecule has 1 aromatic heterocycles. The summed E-state index contributed by atoms with van der Waals surface area (Å²) in [4.78, 5) is 18.7. The first-order valence-corrected chi connectivity index (χ1v) is 4.50. The van der Waals surface area contributed by atoms with Crippen molar-refractivity contribution in [1.82, 2.24) is 9.97 Å². The molecule has 2 rings (SSSR count). The van der Waals surface area contributed by atoms with Crippen LogP contribution in [0.3, 0.4) is 0 Å². The van der Waals surface area contributed by atoms with Crippen molar-refractivity contribution in [2.45, 2.75) is 19.3 Å². The van der Waals surface area contributed by atoms with Gasteiger partial charge in [0.15, 0.2) is 0 Å². The number of aromatic nitrogens is 2. The molecule has 1 aliphatic carbocycles. The van der Waals surface area contributed by atoms with Gasteiger partial charge in [-0.3, -0.25) is 4.79 Å². The minimum Gasteiger partial charge on any atom is -0.481 e. The van der Waals surface area contributed by atoms with Crippen molar-refractivity contribution in [2.75, 3.05) is 5.73 Å². The van der Waals surface area contributed by atoms with Gasteiger partial charge in [0.05, 0.1) is 5.92 Å². The fraction of sp³-hybridized carbons (Fsp3) is 0.444. The molecule has 1 aromatic rings.